The zero-order valence-corrected chi connectivity index (χ0v) is 13.6. The van der Waals surface area contributed by atoms with Gasteiger partial charge in [-0.1, -0.05) is 30.3 Å². The molecule has 4 N–H and O–H groups in total. The lowest BCUT2D eigenvalue weighted by molar-refractivity contribution is -0.157. The molecule has 0 heterocycles. The molecule has 0 aliphatic heterocycles. The second kappa shape index (κ2) is 8.50. The van der Waals surface area contributed by atoms with E-state index in [2.05, 4.69) is 5.32 Å². The molecule has 23 heavy (non-hydrogen) atoms. The van der Waals surface area contributed by atoms with Crippen LogP contribution in [0.4, 0.5) is 4.79 Å². The number of nitrogens with one attached hydrogen (secondary N) is 1. The fraction of sp³-hybridized carbons (Fsp3) is 0.500. The molecule has 0 spiro atoms. The Hall–Kier alpha value is -2.12. The predicted molar refractivity (Wildman–Crippen MR) is 84.5 cm³/mol. The Morgan fingerprint density at radius 1 is 1.26 bits per heavy atom. The summed E-state index contributed by atoms with van der Waals surface area (Å²) < 4.78 is 10.1. The quantitative estimate of drug-likeness (QED) is 0.672. The lowest BCUT2D eigenvalue weighted by Gasteiger charge is -2.26. The number of carbonyl (C=O) groups is 2. The van der Waals surface area contributed by atoms with Gasteiger partial charge in [-0.25, -0.2) is 4.79 Å². The zero-order valence-electron chi connectivity index (χ0n) is 13.6. The molecule has 7 nitrogen and oxygen atoms in total. The summed E-state index contributed by atoms with van der Waals surface area (Å²) in [5.41, 5.74) is 5.84. The van der Waals surface area contributed by atoms with Crippen molar-refractivity contribution in [2.75, 3.05) is 6.61 Å². The van der Waals surface area contributed by atoms with Crippen molar-refractivity contribution >= 4 is 12.1 Å². The van der Waals surface area contributed by atoms with E-state index in [1.807, 2.05) is 30.3 Å². The summed E-state index contributed by atoms with van der Waals surface area (Å²) in [7, 11) is 0. The lowest BCUT2D eigenvalue weighted by Crippen LogP contribution is -2.55. The monoisotopic (exact) mass is 324 g/mol. The van der Waals surface area contributed by atoms with Gasteiger partial charge in [0.2, 0.25) is 0 Å². The second-order valence-corrected chi connectivity index (χ2v) is 6.05. The molecule has 1 rings (SSSR count). The first-order valence-corrected chi connectivity index (χ1v) is 7.29. The normalized spacial score (nSPS) is 13.8. The predicted octanol–water partition coefficient (Wildman–Crippen LogP) is 0.943. The average molecular weight is 324 g/mol. The van der Waals surface area contributed by atoms with Crippen molar-refractivity contribution in [1.29, 1.82) is 0 Å². The molecule has 0 aliphatic rings. The van der Waals surface area contributed by atoms with Gasteiger partial charge in [0.15, 0.2) is 0 Å². The highest BCUT2D eigenvalue weighted by Crippen LogP contribution is 2.09. The van der Waals surface area contributed by atoms with E-state index in [1.54, 1.807) is 20.8 Å². The van der Waals surface area contributed by atoms with Gasteiger partial charge in [0.25, 0.3) is 0 Å². The minimum atomic E-state index is -1.19. The second-order valence-electron chi connectivity index (χ2n) is 6.05. The molecular formula is C16H24N2O5. The van der Waals surface area contributed by atoms with Crippen LogP contribution in [-0.4, -0.2) is 41.5 Å². The number of aliphatic hydroxyl groups is 1. The van der Waals surface area contributed by atoms with Crippen LogP contribution in [-0.2, 0) is 20.9 Å². The van der Waals surface area contributed by atoms with Crippen molar-refractivity contribution in [1.82, 2.24) is 5.32 Å². The van der Waals surface area contributed by atoms with E-state index in [0.717, 1.165) is 5.56 Å². The van der Waals surface area contributed by atoms with E-state index in [1.165, 1.54) is 0 Å². The van der Waals surface area contributed by atoms with Crippen LogP contribution >= 0.6 is 0 Å². The molecule has 0 bridgehead atoms. The Balaban J connectivity index is 2.51. The van der Waals surface area contributed by atoms with Crippen LogP contribution < -0.4 is 11.1 Å². The molecule has 0 saturated heterocycles. The number of nitrogens with two attached hydrogens (primary N) is 1. The van der Waals surface area contributed by atoms with Gasteiger partial charge in [-0.15, -0.1) is 0 Å². The van der Waals surface area contributed by atoms with Gasteiger partial charge in [-0.2, -0.15) is 0 Å². The highest BCUT2D eigenvalue weighted by molar-refractivity contribution is 5.78. The number of hydrogen-bond donors (Lipinski definition) is 3. The third-order valence-electron chi connectivity index (χ3n) is 2.83. The number of aliphatic hydroxyl groups excluding tert-OH is 1. The fourth-order valence-electron chi connectivity index (χ4n) is 1.70. The molecule has 0 aliphatic carbocycles. The Morgan fingerprint density at radius 2 is 1.87 bits per heavy atom. The first-order valence-electron chi connectivity index (χ1n) is 7.29. The number of benzene rings is 1. The molecule has 0 saturated carbocycles. The fourth-order valence-corrected chi connectivity index (χ4v) is 1.70. The number of hydrogen-bond acceptors (Lipinski definition) is 6. The average Bonchev–Trinajstić information content (AvgIpc) is 2.49. The highest BCUT2D eigenvalue weighted by atomic mass is 16.6. The first kappa shape index (κ1) is 18.9. The number of rotatable bonds is 6. The number of carbonyl (C=O) groups excluding carboxylic acids is 2. The maximum absolute atomic E-state index is 11.9. The zero-order chi connectivity index (χ0) is 17.5. The van der Waals surface area contributed by atoms with E-state index >= 15 is 0 Å². The number of amides is 1. The molecule has 1 aromatic carbocycles. The van der Waals surface area contributed by atoms with Gasteiger partial charge < -0.3 is 25.6 Å². The van der Waals surface area contributed by atoms with Crippen LogP contribution in [0, 0.1) is 0 Å². The van der Waals surface area contributed by atoms with Gasteiger partial charge in [0.05, 0.1) is 12.6 Å². The van der Waals surface area contributed by atoms with E-state index in [4.69, 9.17) is 15.2 Å². The number of ether oxygens (including phenoxy) is 2. The van der Waals surface area contributed by atoms with Crippen LogP contribution in [0.3, 0.4) is 0 Å². The Labute approximate surface area is 135 Å². The van der Waals surface area contributed by atoms with Gasteiger partial charge >= 0.3 is 12.1 Å². The molecule has 0 fully saturated rings. The van der Waals surface area contributed by atoms with Gasteiger partial charge in [0, 0.05) is 0 Å². The molecule has 1 unspecified atom stereocenters. The van der Waals surface area contributed by atoms with Gasteiger partial charge in [-0.05, 0) is 26.3 Å². The largest absolute Gasteiger partial charge is 0.459 e. The van der Waals surface area contributed by atoms with Crippen molar-refractivity contribution in [3.8, 4) is 0 Å². The van der Waals surface area contributed by atoms with E-state index in [9.17, 15) is 14.7 Å². The minimum absolute atomic E-state index is 0.0759. The Kier molecular flexibility index (Phi) is 6.99. The first-order chi connectivity index (χ1) is 10.7. The van der Waals surface area contributed by atoms with Crippen LogP contribution in [0.25, 0.3) is 0 Å². The van der Waals surface area contributed by atoms with E-state index in [-0.39, 0.29) is 6.61 Å². The SMILES string of the molecule is CC(C)(C)OC(=O)C(N)[C@H](CO)NC(=O)OCc1ccccc1. The third kappa shape index (κ3) is 7.12. The smallest absolute Gasteiger partial charge is 0.407 e. The van der Waals surface area contributed by atoms with Crippen molar-refractivity contribution in [3.05, 3.63) is 35.9 Å². The van der Waals surface area contributed by atoms with Gasteiger partial charge in [-0.3, -0.25) is 4.79 Å². The molecule has 2 atom stereocenters. The molecule has 0 aromatic heterocycles. The number of alkyl carbamates (subject to hydrolysis) is 1. The molecule has 7 heteroatoms. The summed E-state index contributed by atoms with van der Waals surface area (Å²) in [6, 6.07) is 6.94. The summed E-state index contributed by atoms with van der Waals surface area (Å²) in [5.74, 6) is -0.708. The van der Waals surface area contributed by atoms with Crippen LogP contribution in [0.5, 0.6) is 0 Å². The molecule has 128 valence electrons. The third-order valence-corrected chi connectivity index (χ3v) is 2.83. The van der Waals surface area contributed by atoms with Crippen LogP contribution in [0.15, 0.2) is 30.3 Å². The van der Waals surface area contributed by atoms with Crippen molar-refractivity contribution in [3.63, 3.8) is 0 Å². The summed E-state index contributed by atoms with van der Waals surface area (Å²) in [6.07, 6.45) is -0.771. The summed E-state index contributed by atoms with van der Waals surface area (Å²) >= 11 is 0. The summed E-state index contributed by atoms with van der Waals surface area (Å²) in [5, 5.41) is 11.7. The van der Waals surface area contributed by atoms with Gasteiger partial charge in [0.1, 0.15) is 18.2 Å². The Morgan fingerprint density at radius 3 is 2.39 bits per heavy atom. The molecule has 1 aromatic rings. The lowest BCUT2D eigenvalue weighted by atomic mass is 10.1. The van der Waals surface area contributed by atoms with Crippen LogP contribution in [0.2, 0.25) is 0 Å². The highest BCUT2D eigenvalue weighted by Gasteiger charge is 2.30. The minimum Gasteiger partial charge on any atom is -0.459 e. The molecule has 1 amide bonds. The van der Waals surface area contributed by atoms with E-state index < -0.39 is 36.4 Å². The maximum atomic E-state index is 11.9. The number of esters is 1. The van der Waals surface area contributed by atoms with E-state index in [0.29, 0.717) is 0 Å². The Bertz CT molecular complexity index is 513. The van der Waals surface area contributed by atoms with Crippen molar-refractivity contribution in [2.45, 2.75) is 45.1 Å². The standard InChI is InChI=1S/C16H24N2O5/c1-16(2,3)23-14(20)13(17)12(9-19)18-15(21)22-10-11-7-5-4-6-8-11/h4-8,12-13,19H,9-10,17H2,1-3H3,(H,18,21)/t12-,13?/m0/s1. The maximum Gasteiger partial charge on any atom is 0.407 e. The summed E-state index contributed by atoms with van der Waals surface area (Å²) in [6.45, 7) is 4.67. The molecule has 0 radical (unpaired) electrons. The van der Waals surface area contributed by atoms with Crippen LogP contribution in [0.1, 0.15) is 26.3 Å². The van der Waals surface area contributed by atoms with Crippen molar-refractivity contribution in [2.24, 2.45) is 5.73 Å². The topological polar surface area (TPSA) is 111 Å². The van der Waals surface area contributed by atoms with Crippen molar-refractivity contribution < 1.29 is 24.2 Å². The molecular weight excluding hydrogens is 300 g/mol. The summed E-state index contributed by atoms with van der Waals surface area (Å²) in [4.78, 5) is 23.6.